The summed E-state index contributed by atoms with van der Waals surface area (Å²) in [4.78, 5) is 33.1. The van der Waals surface area contributed by atoms with Gasteiger partial charge in [-0.1, -0.05) is 11.3 Å². The molecular formula is C11H15N3O3S. The normalized spacial score (nSPS) is 10.6. The van der Waals surface area contributed by atoms with E-state index >= 15 is 0 Å². The molecule has 0 saturated heterocycles. The zero-order valence-electron chi connectivity index (χ0n) is 10.5. The number of hydrogen-bond acceptors (Lipinski definition) is 6. The summed E-state index contributed by atoms with van der Waals surface area (Å²) in [5, 5.41) is 0.482. The average molecular weight is 269 g/mol. The van der Waals surface area contributed by atoms with Crippen LogP contribution >= 0.6 is 11.3 Å². The fourth-order valence-electron chi connectivity index (χ4n) is 1.05. The van der Waals surface area contributed by atoms with Gasteiger partial charge in [0.25, 0.3) is 0 Å². The number of rotatable bonds is 6. The van der Waals surface area contributed by atoms with E-state index in [1.54, 1.807) is 18.2 Å². The highest BCUT2D eigenvalue weighted by molar-refractivity contribution is 7.17. The molecule has 1 aromatic rings. The van der Waals surface area contributed by atoms with Crippen molar-refractivity contribution in [3.63, 3.8) is 0 Å². The largest absolute Gasteiger partial charge is 0.466 e. The van der Waals surface area contributed by atoms with Crippen LogP contribution in [0.15, 0.2) is 11.2 Å². The average Bonchev–Trinajstić information content (AvgIpc) is 2.75. The van der Waals surface area contributed by atoms with Crippen LogP contribution in [0.25, 0.3) is 0 Å². The van der Waals surface area contributed by atoms with Crippen LogP contribution in [0.5, 0.6) is 0 Å². The van der Waals surface area contributed by atoms with Crippen LogP contribution in [-0.2, 0) is 9.53 Å². The van der Waals surface area contributed by atoms with Gasteiger partial charge in [-0.3, -0.25) is 9.59 Å². The van der Waals surface area contributed by atoms with E-state index in [1.807, 2.05) is 14.1 Å². The minimum atomic E-state index is -0.519. The van der Waals surface area contributed by atoms with Crippen molar-refractivity contribution in [1.82, 2.24) is 9.88 Å². The fourth-order valence-corrected chi connectivity index (χ4v) is 1.74. The van der Waals surface area contributed by atoms with Crippen LogP contribution < -0.4 is 0 Å². The van der Waals surface area contributed by atoms with Gasteiger partial charge in [-0.05, 0) is 6.92 Å². The number of esters is 1. The first kappa shape index (κ1) is 14.3. The van der Waals surface area contributed by atoms with Crippen molar-refractivity contribution < 1.29 is 14.3 Å². The number of thiazole rings is 1. The van der Waals surface area contributed by atoms with Crippen LogP contribution in [0.1, 0.15) is 23.0 Å². The molecule has 0 saturated carbocycles. The molecule has 18 heavy (non-hydrogen) atoms. The predicted octanol–water partition coefficient (Wildman–Crippen LogP) is 1.50. The molecule has 1 heterocycles. The molecule has 1 rings (SSSR count). The van der Waals surface area contributed by atoms with Gasteiger partial charge in [0, 0.05) is 14.1 Å². The van der Waals surface area contributed by atoms with E-state index in [9.17, 15) is 9.59 Å². The van der Waals surface area contributed by atoms with Crippen LogP contribution in [0.3, 0.4) is 0 Å². The molecule has 0 radical (unpaired) electrons. The third-order valence-electron chi connectivity index (χ3n) is 1.78. The van der Waals surface area contributed by atoms with E-state index in [1.165, 1.54) is 6.20 Å². The van der Waals surface area contributed by atoms with Gasteiger partial charge in [-0.25, -0.2) is 9.98 Å². The highest BCUT2D eigenvalue weighted by Gasteiger charge is 2.15. The Bertz CT molecular complexity index is 454. The number of hydrogen-bond donors (Lipinski definition) is 0. The molecule has 0 spiro atoms. The summed E-state index contributed by atoms with van der Waals surface area (Å²) in [6.45, 7) is 1.97. The highest BCUT2D eigenvalue weighted by Crippen LogP contribution is 2.22. The summed E-state index contributed by atoms with van der Waals surface area (Å²) in [7, 11) is 3.67. The molecule has 1 aromatic heterocycles. The van der Waals surface area contributed by atoms with Gasteiger partial charge in [-0.15, -0.1) is 0 Å². The standard InChI is InChI=1S/C11H15N3O3S/c1-4-17-10(16)5-8(15)9-6-12-11(18-9)13-7-14(2)3/h6-7H,4-5H2,1-3H3. The molecule has 0 amide bonds. The zero-order valence-corrected chi connectivity index (χ0v) is 11.4. The monoisotopic (exact) mass is 269 g/mol. The van der Waals surface area contributed by atoms with Crippen LogP contribution in [0.4, 0.5) is 5.13 Å². The van der Waals surface area contributed by atoms with Gasteiger partial charge >= 0.3 is 5.97 Å². The Hall–Kier alpha value is -1.76. The second kappa shape index (κ2) is 6.85. The van der Waals surface area contributed by atoms with Crippen molar-refractivity contribution >= 4 is 34.6 Å². The Morgan fingerprint density at radius 2 is 2.28 bits per heavy atom. The maximum atomic E-state index is 11.7. The quantitative estimate of drug-likeness (QED) is 0.257. The van der Waals surface area contributed by atoms with Crippen molar-refractivity contribution in [2.45, 2.75) is 13.3 Å². The van der Waals surface area contributed by atoms with Crippen LogP contribution in [0, 0.1) is 0 Å². The molecule has 7 heteroatoms. The molecule has 0 fully saturated rings. The van der Waals surface area contributed by atoms with Gasteiger partial charge in [-0.2, -0.15) is 0 Å². The Balaban J connectivity index is 2.62. The number of carbonyl (C=O) groups excluding carboxylic acids is 2. The molecule has 0 bridgehead atoms. The predicted molar refractivity (Wildman–Crippen MR) is 69.5 cm³/mol. The lowest BCUT2D eigenvalue weighted by Gasteiger charge is -2.00. The van der Waals surface area contributed by atoms with Crippen LogP contribution in [-0.4, -0.2) is 48.7 Å². The number of ketones is 1. The van der Waals surface area contributed by atoms with Crippen molar-refractivity contribution in [2.75, 3.05) is 20.7 Å². The number of ether oxygens (including phenoxy) is 1. The smallest absolute Gasteiger partial charge is 0.313 e. The summed E-state index contributed by atoms with van der Waals surface area (Å²) in [5.41, 5.74) is 0. The van der Waals surface area contributed by atoms with Crippen molar-refractivity contribution in [3.8, 4) is 0 Å². The summed E-state index contributed by atoms with van der Waals surface area (Å²) in [6, 6.07) is 0. The van der Waals surface area contributed by atoms with Gasteiger partial charge < -0.3 is 9.64 Å². The molecular weight excluding hydrogens is 254 g/mol. The Morgan fingerprint density at radius 3 is 2.89 bits per heavy atom. The number of Topliss-reactive ketones (excluding diaryl/α,β-unsaturated/α-hetero) is 1. The van der Waals surface area contributed by atoms with E-state index in [0.717, 1.165) is 11.3 Å². The molecule has 0 aliphatic heterocycles. The van der Waals surface area contributed by atoms with Crippen molar-refractivity contribution in [2.24, 2.45) is 4.99 Å². The molecule has 0 atom stereocenters. The maximum Gasteiger partial charge on any atom is 0.313 e. The molecule has 0 aromatic carbocycles. The third-order valence-corrected chi connectivity index (χ3v) is 2.72. The number of carbonyl (C=O) groups is 2. The number of aromatic nitrogens is 1. The molecule has 0 unspecified atom stereocenters. The number of nitrogens with zero attached hydrogens (tertiary/aromatic N) is 3. The maximum absolute atomic E-state index is 11.7. The lowest BCUT2D eigenvalue weighted by Crippen LogP contribution is -2.10. The Morgan fingerprint density at radius 1 is 1.56 bits per heavy atom. The minimum absolute atomic E-state index is 0.257. The minimum Gasteiger partial charge on any atom is -0.466 e. The summed E-state index contributed by atoms with van der Waals surface area (Å²) in [6.07, 6.45) is 2.76. The van der Waals surface area contributed by atoms with Crippen molar-refractivity contribution in [1.29, 1.82) is 0 Å². The Labute approximate surface area is 109 Å². The molecule has 98 valence electrons. The van der Waals surface area contributed by atoms with E-state index in [4.69, 9.17) is 4.74 Å². The summed E-state index contributed by atoms with van der Waals surface area (Å²) in [5.74, 6) is -0.813. The molecule has 0 aliphatic carbocycles. The lowest BCUT2D eigenvalue weighted by atomic mass is 10.2. The zero-order chi connectivity index (χ0) is 13.5. The highest BCUT2D eigenvalue weighted by atomic mass is 32.1. The van der Waals surface area contributed by atoms with Crippen molar-refractivity contribution in [3.05, 3.63) is 11.1 Å². The van der Waals surface area contributed by atoms with Gasteiger partial charge in [0.15, 0.2) is 5.78 Å². The third kappa shape index (κ3) is 4.62. The van der Waals surface area contributed by atoms with E-state index in [-0.39, 0.29) is 18.8 Å². The van der Waals surface area contributed by atoms with E-state index < -0.39 is 5.97 Å². The fraction of sp³-hybridized carbons (Fsp3) is 0.455. The van der Waals surface area contributed by atoms with Gasteiger partial charge in [0.1, 0.15) is 6.42 Å². The van der Waals surface area contributed by atoms with E-state index in [2.05, 4.69) is 9.98 Å². The SMILES string of the molecule is CCOC(=O)CC(=O)c1cnc(N=CN(C)C)s1. The molecule has 0 aliphatic rings. The van der Waals surface area contributed by atoms with Crippen LogP contribution in [0.2, 0.25) is 0 Å². The first-order valence-electron chi connectivity index (χ1n) is 5.38. The first-order valence-corrected chi connectivity index (χ1v) is 6.19. The summed E-state index contributed by atoms with van der Waals surface area (Å²) < 4.78 is 4.71. The second-order valence-corrected chi connectivity index (χ2v) is 4.63. The summed E-state index contributed by atoms with van der Waals surface area (Å²) >= 11 is 1.15. The number of aliphatic imine (C=N–C) groups is 1. The lowest BCUT2D eigenvalue weighted by molar-refractivity contribution is -0.141. The Kier molecular flexibility index (Phi) is 5.44. The van der Waals surface area contributed by atoms with Gasteiger partial charge in [0.2, 0.25) is 5.13 Å². The van der Waals surface area contributed by atoms with Gasteiger partial charge in [0.05, 0.1) is 24.0 Å². The molecule has 0 N–H and O–H groups in total. The topological polar surface area (TPSA) is 71.9 Å². The van der Waals surface area contributed by atoms with E-state index in [0.29, 0.717) is 10.0 Å². The second-order valence-electron chi connectivity index (χ2n) is 3.62. The molecule has 6 nitrogen and oxygen atoms in total. The first-order chi connectivity index (χ1) is 8.52.